The van der Waals surface area contributed by atoms with Gasteiger partial charge in [-0.1, -0.05) is 13.0 Å². The highest BCUT2D eigenvalue weighted by Crippen LogP contribution is 2.32. The number of carbonyl (C=O) groups excluding carboxylic acids is 2. The van der Waals surface area contributed by atoms with Gasteiger partial charge >= 0.3 is 0 Å². The van der Waals surface area contributed by atoms with Crippen molar-refractivity contribution in [2.45, 2.75) is 32.9 Å². The predicted octanol–water partition coefficient (Wildman–Crippen LogP) is 1.44. The number of hydrogen-bond acceptors (Lipinski definition) is 5. The molecular formula is C20H24N4O4. The van der Waals surface area contributed by atoms with Crippen LogP contribution in [0.4, 0.5) is 0 Å². The Morgan fingerprint density at radius 3 is 2.89 bits per heavy atom. The lowest BCUT2D eigenvalue weighted by Gasteiger charge is -2.34. The van der Waals surface area contributed by atoms with Crippen LogP contribution in [0.25, 0.3) is 0 Å². The van der Waals surface area contributed by atoms with Crippen LogP contribution >= 0.6 is 0 Å². The molecule has 28 heavy (non-hydrogen) atoms. The second-order valence-electron chi connectivity index (χ2n) is 6.96. The second kappa shape index (κ2) is 7.92. The van der Waals surface area contributed by atoms with Crippen molar-refractivity contribution in [2.75, 3.05) is 26.4 Å². The number of ether oxygens (including phenoxy) is 2. The van der Waals surface area contributed by atoms with E-state index in [4.69, 9.17) is 9.47 Å². The monoisotopic (exact) mass is 384 g/mol. The molecule has 4 rings (SSSR count). The van der Waals surface area contributed by atoms with E-state index in [0.29, 0.717) is 38.3 Å². The summed E-state index contributed by atoms with van der Waals surface area (Å²) in [5.74, 6) is 2.39. The molecule has 0 unspecified atom stereocenters. The van der Waals surface area contributed by atoms with E-state index in [-0.39, 0.29) is 25.2 Å². The molecule has 2 aromatic rings. The van der Waals surface area contributed by atoms with Crippen molar-refractivity contribution in [1.29, 1.82) is 0 Å². The molecule has 0 bridgehead atoms. The number of fused-ring (bicyclic) bond motifs is 1. The molecule has 8 heteroatoms. The van der Waals surface area contributed by atoms with Gasteiger partial charge in [-0.3, -0.25) is 9.59 Å². The molecule has 1 saturated heterocycles. The molecule has 2 amide bonds. The quantitative estimate of drug-likeness (QED) is 0.753. The standard InChI is InChI=1S/C20H24N4O4/c1-2-18-21-6-8-22(18)7-5-19(25)24-10-9-23(20(26)13-24)12-15-3-4-16-17(11-15)28-14-27-16/h3-4,6,8,11H,2,5,7,9-10,12-14H2,1H3. The first-order valence-corrected chi connectivity index (χ1v) is 9.58. The van der Waals surface area contributed by atoms with Gasteiger partial charge in [0, 0.05) is 51.4 Å². The summed E-state index contributed by atoms with van der Waals surface area (Å²) in [6.07, 6.45) is 4.85. The third-order valence-corrected chi connectivity index (χ3v) is 5.17. The normalized spacial score (nSPS) is 16.0. The lowest BCUT2D eigenvalue weighted by Crippen LogP contribution is -2.51. The third-order valence-electron chi connectivity index (χ3n) is 5.17. The summed E-state index contributed by atoms with van der Waals surface area (Å²) in [5, 5.41) is 0. The van der Waals surface area contributed by atoms with E-state index in [2.05, 4.69) is 4.98 Å². The molecule has 1 aromatic heterocycles. The molecule has 2 aliphatic heterocycles. The Kier molecular flexibility index (Phi) is 5.18. The SMILES string of the molecule is CCc1nccn1CCC(=O)N1CCN(Cc2ccc3c(c2)OCO3)C(=O)C1. The van der Waals surface area contributed by atoms with Crippen LogP contribution in [0, 0.1) is 0 Å². The van der Waals surface area contributed by atoms with E-state index in [1.54, 1.807) is 16.0 Å². The highest BCUT2D eigenvalue weighted by Gasteiger charge is 2.27. The van der Waals surface area contributed by atoms with Crippen LogP contribution in [0.5, 0.6) is 11.5 Å². The molecule has 148 valence electrons. The van der Waals surface area contributed by atoms with Gasteiger partial charge in [0.15, 0.2) is 11.5 Å². The predicted molar refractivity (Wildman–Crippen MR) is 101 cm³/mol. The van der Waals surface area contributed by atoms with E-state index in [1.165, 1.54) is 0 Å². The van der Waals surface area contributed by atoms with Gasteiger partial charge in [-0.15, -0.1) is 0 Å². The summed E-state index contributed by atoms with van der Waals surface area (Å²) in [7, 11) is 0. The highest BCUT2D eigenvalue weighted by molar-refractivity contribution is 5.86. The summed E-state index contributed by atoms with van der Waals surface area (Å²) >= 11 is 0. The number of nitrogens with zero attached hydrogens (tertiary/aromatic N) is 4. The minimum Gasteiger partial charge on any atom is -0.454 e. The van der Waals surface area contributed by atoms with Gasteiger partial charge in [0.1, 0.15) is 5.82 Å². The van der Waals surface area contributed by atoms with Crippen LogP contribution in [0.1, 0.15) is 24.7 Å². The Hall–Kier alpha value is -3.03. The Morgan fingerprint density at radius 1 is 1.21 bits per heavy atom. The zero-order chi connectivity index (χ0) is 19.5. The molecule has 3 heterocycles. The maximum Gasteiger partial charge on any atom is 0.242 e. The van der Waals surface area contributed by atoms with Crippen molar-refractivity contribution in [3.05, 3.63) is 42.0 Å². The van der Waals surface area contributed by atoms with Gasteiger partial charge in [0.25, 0.3) is 0 Å². The van der Waals surface area contributed by atoms with Gasteiger partial charge in [-0.05, 0) is 17.7 Å². The van der Waals surface area contributed by atoms with E-state index in [1.807, 2.05) is 35.9 Å². The van der Waals surface area contributed by atoms with Crippen molar-refractivity contribution < 1.29 is 19.1 Å². The van der Waals surface area contributed by atoms with Crippen LogP contribution in [-0.2, 0) is 29.1 Å². The van der Waals surface area contributed by atoms with Crippen molar-refractivity contribution in [3.63, 3.8) is 0 Å². The number of rotatable bonds is 6. The van der Waals surface area contributed by atoms with Gasteiger partial charge in [0.2, 0.25) is 18.6 Å². The smallest absolute Gasteiger partial charge is 0.242 e. The minimum absolute atomic E-state index is 0.00633. The number of benzene rings is 1. The lowest BCUT2D eigenvalue weighted by atomic mass is 10.1. The first kappa shape index (κ1) is 18.3. The van der Waals surface area contributed by atoms with Crippen molar-refractivity contribution >= 4 is 11.8 Å². The highest BCUT2D eigenvalue weighted by atomic mass is 16.7. The van der Waals surface area contributed by atoms with Crippen LogP contribution in [0.2, 0.25) is 0 Å². The van der Waals surface area contributed by atoms with Gasteiger partial charge in [-0.2, -0.15) is 0 Å². The fraction of sp³-hybridized carbons (Fsp3) is 0.450. The van der Waals surface area contributed by atoms with Crippen LogP contribution < -0.4 is 9.47 Å². The van der Waals surface area contributed by atoms with Gasteiger partial charge in [-0.25, -0.2) is 4.98 Å². The topological polar surface area (TPSA) is 76.9 Å². The van der Waals surface area contributed by atoms with E-state index in [9.17, 15) is 9.59 Å². The largest absolute Gasteiger partial charge is 0.454 e. The Morgan fingerprint density at radius 2 is 2.07 bits per heavy atom. The molecule has 0 aliphatic carbocycles. The van der Waals surface area contributed by atoms with Crippen molar-refractivity contribution in [3.8, 4) is 11.5 Å². The molecule has 8 nitrogen and oxygen atoms in total. The Balaban J connectivity index is 1.30. The maximum atomic E-state index is 12.5. The number of carbonyl (C=O) groups is 2. The van der Waals surface area contributed by atoms with Crippen LogP contribution in [0.3, 0.4) is 0 Å². The van der Waals surface area contributed by atoms with Crippen LogP contribution in [0.15, 0.2) is 30.6 Å². The molecule has 1 aromatic carbocycles. The van der Waals surface area contributed by atoms with E-state index >= 15 is 0 Å². The molecule has 0 atom stereocenters. The fourth-order valence-corrected chi connectivity index (χ4v) is 3.58. The number of hydrogen-bond donors (Lipinski definition) is 0. The zero-order valence-electron chi connectivity index (χ0n) is 16.0. The number of aryl methyl sites for hydroxylation is 2. The van der Waals surface area contributed by atoms with Crippen molar-refractivity contribution in [2.24, 2.45) is 0 Å². The first-order valence-electron chi connectivity index (χ1n) is 9.58. The lowest BCUT2D eigenvalue weighted by molar-refractivity contribution is -0.145. The number of imidazole rings is 1. The maximum absolute atomic E-state index is 12.5. The molecule has 0 radical (unpaired) electrons. The number of aromatic nitrogens is 2. The molecule has 0 N–H and O–H groups in total. The summed E-state index contributed by atoms with van der Waals surface area (Å²) in [4.78, 5) is 32.8. The fourth-order valence-electron chi connectivity index (χ4n) is 3.58. The van der Waals surface area contributed by atoms with E-state index < -0.39 is 0 Å². The third kappa shape index (κ3) is 3.81. The van der Waals surface area contributed by atoms with Crippen LogP contribution in [-0.4, -0.2) is 57.6 Å². The summed E-state index contributed by atoms with van der Waals surface area (Å²) in [6.45, 7) is 4.59. The molecule has 0 saturated carbocycles. The van der Waals surface area contributed by atoms with E-state index in [0.717, 1.165) is 23.6 Å². The molecule has 0 spiro atoms. The zero-order valence-corrected chi connectivity index (χ0v) is 16.0. The number of piperazine rings is 1. The molecule has 2 aliphatic rings. The van der Waals surface area contributed by atoms with Crippen molar-refractivity contribution in [1.82, 2.24) is 19.4 Å². The summed E-state index contributed by atoms with van der Waals surface area (Å²) < 4.78 is 12.7. The minimum atomic E-state index is -0.0332. The summed E-state index contributed by atoms with van der Waals surface area (Å²) in [5.41, 5.74) is 0.990. The van der Waals surface area contributed by atoms with Gasteiger partial charge in [0.05, 0.1) is 6.54 Å². The van der Waals surface area contributed by atoms with Gasteiger partial charge < -0.3 is 23.8 Å². The summed E-state index contributed by atoms with van der Waals surface area (Å²) in [6, 6.07) is 5.71. The molecular weight excluding hydrogens is 360 g/mol. The number of amides is 2. The Bertz CT molecular complexity index is 879. The Labute approximate surface area is 163 Å². The average Bonchev–Trinajstić information content (AvgIpc) is 3.35. The first-order chi connectivity index (χ1) is 13.6. The average molecular weight is 384 g/mol. The molecule has 1 fully saturated rings. The second-order valence-corrected chi connectivity index (χ2v) is 6.96.